The first-order valence-electron chi connectivity index (χ1n) is 6.63. The summed E-state index contributed by atoms with van der Waals surface area (Å²) in [6.45, 7) is 3.69. The highest BCUT2D eigenvalue weighted by Gasteiger charge is 2.12. The van der Waals surface area contributed by atoms with Crippen LogP contribution in [0.1, 0.15) is 37.7 Å². The van der Waals surface area contributed by atoms with E-state index in [1.807, 2.05) is 12.3 Å². The highest BCUT2D eigenvalue weighted by Crippen LogP contribution is 2.20. The van der Waals surface area contributed by atoms with Gasteiger partial charge in [-0.1, -0.05) is 25.3 Å². The van der Waals surface area contributed by atoms with E-state index < -0.39 is 0 Å². The molecule has 1 aromatic heterocycles. The van der Waals surface area contributed by atoms with Crippen LogP contribution in [-0.2, 0) is 4.74 Å². The molecule has 1 N–H and O–H groups in total. The normalized spacial score (nSPS) is 17.0. The Balaban J connectivity index is 1.64. The topological polar surface area (TPSA) is 34.2 Å². The van der Waals surface area contributed by atoms with E-state index in [4.69, 9.17) is 4.74 Å². The number of anilines is 1. The Kier molecular flexibility index (Phi) is 4.80. The smallest absolute Gasteiger partial charge is 0.128 e. The lowest BCUT2D eigenvalue weighted by Gasteiger charge is -2.22. The Morgan fingerprint density at radius 3 is 2.94 bits per heavy atom. The lowest BCUT2D eigenvalue weighted by Crippen LogP contribution is -2.20. The molecule has 0 atom stereocenters. The van der Waals surface area contributed by atoms with Crippen molar-refractivity contribution in [3.05, 3.63) is 23.9 Å². The number of ether oxygens (including phenoxy) is 1. The average molecular weight is 234 g/mol. The molecular weight excluding hydrogens is 212 g/mol. The second-order valence-electron chi connectivity index (χ2n) is 4.73. The predicted octanol–water partition coefficient (Wildman–Crippen LogP) is 3.15. The predicted molar refractivity (Wildman–Crippen MR) is 70.3 cm³/mol. The van der Waals surface area contributed by atoms with Crippen LogP contribution in [-0.4, -0.2) is 24.2 Å². The maximum absolute atomic E-state index is 5.85. The number of pyridine rings is 1. The molecule has 0 saturated heterocycles. The van der Waals surface area contributed by atoms with Gasteiger partial charge >= 0.3 is 0 Å². The summed E-state index contributed by atoms with van der Waals surface area (Å²) in [5, 5.41) is 3.32. The number of hydrogen-bond acceptors (Lipinski definition) is 3. The number of aryl methyl sites for hydroxylation is 1. The maximum Gasteiger partial charge on any atom is 0.128 e. The summed E-state index contributed by atoms with van der Waals surface area (Å²) in [7, 11) is 0. The van der Waals surface area contributed by atoms with Crippen molar-refractivity contribution in [3.8, 4) is 0 Å². The molecule has 0 aliphatic heterocycles. The van der Waals surface area contributed by atoms with Crippen LogP contribution in [0.5, 0.6) is 0 Å². The zero-order valence-electron chi connectivity index (χ0n) is 10.6. The molecule has 1 aromatic rings. The Labute approximate surface area is 104 Å². The highest BCUT2D eigenvalue weighted by molar-refractivity contribution is 5.42. The summed E-state index contributed by atoms with van der Waals surface area (Å²) in [5.74, 6) is 0.972. The standard InChI is InChI=1S/C14H22N2O/c1-12-6-5-9-15-14(12)16-10-11-17-13-7-3-2-4-8-13/h5-6,9,13H,2-4,7-8,10-11H2,1H3,(H,15,16). The minimum absolute atomic E-state index is 0.496. The van der Waals surface area contributed by atoms with Gasteiger partial charge in [-0.3, -0.25) is 0 Å². The molecular formula is C14H22N2O. The van der Waals surface area contributed by atoms with E-state index >= 15 is 0 Å². The molecule has 3 heteroatoms. The molecule has 0 unspecified atom stereocenters. The van der Waals surface area contributed by atoms with E-state index in [-0.39, 0.29) is 0 Å². The summed E-state index contributed by atoms with van der Waals surface area (Å²) >= 11 is 0. The van der Waals surface area contributed by atoms with Crippen LogP contribution in [0.25, 0.3) is 0 Å². The van der Waals surface area contributed by atoms with Crippen molar-refractivity contribution in [2.75, 3.05) is 18.5 Å². The Hall–Kier alpha value is -1.09. The lowest BCUT2D eigenvalue weighted by atomic mass is 9.98. The van der Waals surface area contributed by atoms with E-state index in [9.17, 15) is 0 Å². The first-order chi connectivity index (χ1) is 8.36. The Bertz CT molecular complexity index is 335. The Morgan fingerprint density at radius 1 is 1.35 bits per heavy atom. The number of hydrogen-bond donors (Lipinski definition) is 1. The van der Waals surface area contributed by atoms with Crippen LogP contribution in [0.4, 0.5) is 5.82 Å². The molecule has 1 heterocycles. The second kappa shape index (κ2) is 6.60. The zero-order chi connectivity index (χ0) is 11.9. The zero-order valence-corrected chi connectivity index (χ0v) is 10.6. The first-order valence-corrected chi connectivity index (χ1v) is 6.63. The molecule has 0 bridgehead atoms. The SMILES string of the molecule is Cc1cccnc1NCCOC1CCCCC1. The molecule has 1 aliphatic rings. The van der Waals surface area contributed by atoms with E-state index in [0.29, 0.717) is 6.10 Å². The van der Waals surface area contributed by atoms with Gasteiger partial charge in [-0.2, -0.15) is 0 Å². The van der Waals surface area contributed by atoms with Gasteiger partial charge in [-0.15, -0.1) is 0 Å². The van der Waals surface area contributed by atoms with Crippen LogP contribution < -0.4 is 5.32 Å². The Morgan fingerprint density at radius 2 is 2.18 bits per heavy atom. The summed E-state index contributed by atoms with van der Waals surface area (Å²) < 4.78 is 5.85. The molecule has 2 rings (SSSR count). The van der Waals surface area contributed by atoms with Gasteiger partial charge in [-0.25, -0.2) is 4.98 Å². The maximum atomic E-state index is 5.85. The fraction of sp³-hybridized carbons (Fsp3) is 0.643. The number of nitrogens with zero attached hydrogens (tertiary/aromatic N) is 1. The molecule has 0 spiro atoms. The van der Waals surface area contributed by atoms with Crippen molar-refractivity contribution in [1.82, 2.24) is 4.98 Å². The van der Waals surface area contributed by atoms with E-state index in [1.165, 1.54) is 37.7 Å². The second-order valence-corrected chi connectivity index (χ2v) is 4.73. The van der Waals surface area contributed by atoms with Gasteiger partial charge in [0, 0.05) is 12.7 Å². The van der Waals surface area contributed by atoms with Gasteiger partial charge in [0.05, 0.1) is 12.7 Å². The quantitative estimate of drug-likeness (QED) is 0.795. The van der Waals surface area contributed by atoms with Gasteiger partial charge in [0.15, 0.2) is 0 Å². The van der Waals surface area contributed by atoms with Gasteiger partial charge in [0.1, 0.15) is 5.82 Å². The minimum atomic E-state index is 0.496. The lowest BCUT2D eigenvalue weighted by molar-refractivity contribution is 0.0347. The molecule has 17 heavy (non-hydrogen) atoms. The van der Waals surface area contributed by atoms with Crippen molar-refractivity contribution in [2.24, 2.45) is 0 Å². The molecule has 1 saturated carbocycles. The van der Waals surface area contributed by atoms with Crippen molar-refractivity contribution >= 4 is 5.82 Å². The van der Waals surface area contributed by atoms with E-state index in [0.717, 1.165) is 19.0 Å². The molecule has 1 aliphatic carbocycles. The third-order valence-electron chi connectivity index (χ3n) is 3.31. The van der Waals surface area contributed by atoms with E-state index in [1.54, 1.807) is 0 Å². The van der Waals surface area contributed by atoms with Crippen molar-refractivity contribution in [2.45, 2.75) is 45.1 Å². The van der Waals surface area contributed by atoms with Gasteiger partial charge in [-0.05, 0) is 31.4 Å². The molecule has 0 radical (unpaired) electrons. The van der Waals surface area contributed by atoms with Gasteiger partial charge < -0.3 is 10.1 Å². The summed E-state index contributed by atoms with van der Waals surface area (Å²) in [6, 6.07) is 4.02. The van der Waals surface area contributed by atoms with Crippen LogP contribution in [0.15, 0.2) is 18.3 Å². The molecule has 94 valence electrons. The largest absolute Gasteiger partial charge is 0.376 e. The molecule has 0 aromatic carbocycles. The summed E-state index contributed by atoms with van der Waals surface area (Å²) in [5.41, 5.74) is 1.19. The molecule has 3 nitrogen and oxygen atoms in total. The molecule has 0 amide bonds. The van der Waals surface area contributed by atoms with Crippen molar-refractivity contribution in [3.63, 3.8) is 0 Å². The third-order valence-corrected chi connectivity index (χ3v) is 3.31. The van der Waals surface area contributed by atoms with Gasteiger partial charge in [0.2, 0.25) is 0 Å². The van der Waals surface area contributed by atoms with Gasteiger partial charge in [0.25, 0.3) is 0 Å². The fourth-order valence-corrected chi connectivity index (χ4v) is 2.30. The van der Waals surface area contributed by atoms with Crippen LogP contribution in [0.2, 0.25) is 0 Å². The van der Waals surface area contributed by atoms with Crippen LogP contribution >= 0.6 is 0 Å². The number of nitrogens with one attached hydrogen (secondary N) is 1. The van der Waals surface area contributed by atoms with E-state index in [2.05, 4.69) is 23.3 Å². The third kappa shape index (κ3) is 4.00. The first kappa shape index (κ1) is 12.4. The highest BCUT2D eigenvalue weighted by atomic mass is 16.5. The van der Waals surface area contributed by atoms with Crippen LogP contribution in [0.3, 0.4) is 0 Å². The number of rotatable bonds is 5. The molecule has 1 fully saturated rings. The van der Waals surface area contributed by atoms with Crippen molar-refractivity contribution in [1.29, 1.82) is 0 Å². The minimum Gasteiger partial charge on any atom is -0.376 e. The van der Waals surface area contributed by atoms with Crippen LogP contribution in [0, 0.1) is 6.92 Å². The fourth-order valence-electron chi connectivity index (χ4n) is 2.30. The van der Waals surface area contributed by atoms with Crippen molar-refractivity contribution < 1.29 is 4.74 Å². The summed E-state index contributed by atoms with van der Waals surface area (Å²) in [6.07, 6.45) is 8.83. The number of aromatic nitrogens is 1. The summed E-state index contributed by atoms with van der Waals surface area (Å²) in [4.78, 5) is 4.30. The average Bonchev–Trinajstić information content (AvgIpc) is 2.38. The monoisotopic (exact) mass is 234 g/mol.